The summed E-state index contributed by atoms with van der Waals surface area (Å²) in [5.74, 6) is -0.479. The van der Waals surface area contributed by atoms with E-state index in [1.165, 1.54) is 42.5 Å². The number of anilines is 1. The molecule has 0 spiro atoms. The fourth-order valence-electron chi connectivity index (χ4n) is 1.86. The van der Waals surface area contributed by atoms with Gasteiger partial charge in [0, 0.05) is 15.8 Å². The van der Waals surface area contributed by atoms with E-state index in [-0.39, 0.29) is 10.3 Å². The summed E-state index contributed by atoms with van der Waals surface area (Å²) in [6.07, 6.45) is 0. The SMILES string of the molecule is C[C@H](NS(=O)(=O)c1ccc(Cl)cc1)C(=O)Nc1nc(C(C)(C)C)cs1. The number of benzene rings is 1. The monoisotopic (exact) mass is 401 g/mol. The highest BCUT2D eigenvalue weighted by Gasteiger charge is 2.23. The molecule has 0 unspecified atom stereocenters. The average Bonchev–Trinajstić information content (AvgIpc) is 2.95. The highest BCUT2D eigenvalue weighted by atomic mass is 35.5. The molecule has 9 heteroatoms. The molecule has 1 heterocycles. The summed E-state index contributed by atoms with van der Waals surface area (Å²) in [4.78, 5) is 16.6. The van der Waals surface area contributed by atoms with Crippen LogP contribution in [0.1, 0.15) is 33.4 Å². The zero-order valence-electron chi connectivity index (χ0n) is 14.3. The maximum absolute atomic E-state index is 12.3. The Bertz CT molecular complexity index is 855. The second-order valence-electron chi connectivity index (χ2n) is 6.57. The van der Waals surface area contributed by atoms with Gasteiger partial charge in [0.2, 0.25) is 15.9 Å². The van der Waals surface area contributed by atoms with E-state index < -0.39 is 22.0 Å². The van der Waals surface area contributed by atoms with Crippen LogP contribution < -0.4 is 10.0 Å². The number of hydrogen-bond donors (Lipinski definition) is 2. The zero-order chi connectivity index (χ0) is 18.8. The van der Waals surface area contributed by atoms with Crippen LogP contribution in [0.25, 0.3) is 0 Å². The third kappa shape index (κ3) is 5.24. The Kier molecular flexibility index (Phi) is 5.88. The van der Waals surface area contributed by atoms with Crippen LogP contribution in [0.2, 0.25) is 5.02 Å². The summed E-state index contributed by atoms with van der Waals surface area (Å²) in [5, 5.41) is 5.38. The number of carbonyl (C=O) groups excluding carboxylic acids is 1. The van der Waals surface area contributed by atoms with Crippen molar-refractivity contribution in [3.8, 4) is 0 Å². The van der Waals surface area contributed by atoms with E-state index >= 15 is 0 Å². The number of amides is 1. The average molecular weight is 402 g/mol. The molecular formula is C16H20ClN3O3S2. The maximum Gasteiger partial charge on any atom is 0.244 e. The molecule has 0 fully saturated rings. The molecule has 0 radical (unpaired) electrons. The van der Waals surface area contributed by atoms with E-state index in [1.54, 1.807) is 0 Å². The van der Waals surface area contributed by atoms with Gasteiger partial charge in [-0.3, -0.25) is 4.79 Å². The summed E-state index contributed by atoms with van der Waals surface area (Å²) in [7, 11) is -3.82. The number of thiazole rings is 1. The summed E-state index contributed by atoms with van der Waals surface area (Å²) >= 11 is 7.06. The first-order chi connectivity index (χ1) is 11.5. The van der Waals surface area contributed by atoms with Gasteiger partial charge in [-0.05, 0) is 31.2 Å². The lowest BCUT2D eigenvalue weighted by Gasteiger charge is -2.15. The smallest absolute Gasteiger partial charge is 0.244 e. The molecule has 6 nitrogen and oxygen atoms in total. The van der Waals surface area contributed by atoms with Gasteiger partial charge in [0.15, 0.2) is 5.13 Å². The summed E-state index contributed by atoms with van der Waals surface area (Å²) in [5.41, 5.74) is 0.739. The Morgan fingerprint density at radius 2 is 1.84 bits per heavy atom. The van der Waals surface area contributed by atoms with E-state index in [0.717, 1.165) is 5.69 Å². The van der Waals surface area contributed by atoms with Crippen LogP contribution in [0.5, 0.6) is 0 Å². The third-order valence-electron chi connectivity index (χ3n) is 3.35. The van der Waals surface area contributed by atoms with Crippen LogP contribution in [0.3, 0.4) is 0 Å². The van der Waals surface area contributed by atoms with Gasteiger partial charge in [0.05, 0.1) is 16.6 Å². The molecular weight excluding hydrogens is 382 g/mol. The molecule has 2 N–H and O–H groups in total. The van der Waals surface area contributed by atoms with E-state index in [4.69, 9.17) is 11.6 Å². The summed E-state index contributed by atoms with van der Waals surface area (Å²) in [6.45, 7) is 7.55. The number of aromatic nitrogens is 1. The van der Waals surface area contributed by atoms with Crippen molar-refractivity contribution >= 4 is 44.0 Å². The van der Waals surface area contributed by atoms with Gasteiger partial charge >= 0.3 is 0 Å². The molecule has 0 aliphatic rings. The lowest BCUT2D eigenvalue weighted by atomic mass is 9.93. The molecule has 1 aromatic carbocycles. The topological polar surface area (TPSA) is 88.2 Å². The van der Waals surface area contributed by atoms with Gasteiger partial charge in [-0.1, -0.05) is 32.4 Å². The predicted molar refractivity (Wildman–Crippen MR) is 101 cm³/mol. The van der Waals surface area contributed by atoms with Crippen LogP contribution in [-0.2, 0) is 20.2 Å². The number of nitrogens with one attached hydrogen (secondary N) is 2. The van der Waals surface area contributed by atoms with Crippen molar-refractivity contribution in [2.75, 3.05) is 5.32 Å². The van der Waals surface area contributed by atoms with Crippen LogP contribution in [0.4, 0.5) is 5.13 Å². The number of sulfonamides is 1. The summed E-state index contributed by atoms with van der Waals surface area (Å²) in [6, 6.07) is 4.76. The van der Waals surface area contributed by atoms with E-state index in [0.29, 0.717) is 10.2 Å². The molecule has 0 aliphatic carbocycles. The fraction of sp³-hybridized carbons (Fsp3) is 0.375. The Balaban J connectivity index is 2.05. The quantitative estimate of drug-likeness (QED) is 0.803. The molecule has 0 bridgehead atoms. The van der Waals surface area contributed by atoms with Crippen molar-refractivity contribution in [2.24, 2.45) is 0 Å². The van der Waals surface area contributed by atoms with Gasteiger partial charge < -0.3 is 5.32 Å². The molecule has 0 aliphatic heterocycles. The van der Waals surface area contributed by atoms with Crippen molar-refractivity contribution < 1.29 is 13.2 Å². The van der Waals surface area contributed by atoms with Crippen molar-refractivity contribution in [3.63, 3.8) is 0 Å². The second kappa shape index (κ2) is 7.41. The molecule has 0 saturated carbocycles. The first kappa shape index (κ1) is 19.8. The lowest BCUT2D eigenvalue weighted by molar-refractivity contribution is -0.117. The van der Waals surface area contributed by atoms with Gasteiger partial charge in [-0.15, -0.1) is 11.3 Å². The van der Waals surface area contributed by atoms with E-state index in [9.17, 15) is 13.2 Å². The number of nitrogens with zero attached hydrogens (tertiary/aromatic N) is 1. The van der Waals surface area contributed by atoms with Crippen molar-refractivity contribution in [3.05, 3.63) is 40.4 Å². The zero-order valence-corrected chi connectivity index (χ0v) is 16.7. The predicted octanol–water partition coefficient (Wildman–Crippen LogP) is 3.40. The van der Waals surface area contributed by atoms with Gasteiger partial charge in [0.25, 0.3) is 0 Å². The summed E-state index contributed by atoms with van der Waals surface area (Å²) < 4.78 is 26.9. The normalized spacial score (nSPS) is 13.5. The molecule has 1 aromatic heterocycles. The van der Waals surface area contributed by atoms with Crippen molar-refractivity contribution in [1.29, 1.82) is 0 Å². The standard InChI is InChI=1S/C16H20ClN3O3S2/c1-10(20-25(22,23)12-7-5-11(17)6-8-12)14(21)19-15-18-13(9-24-15)16(2,3)4/h5-10,20H,1-4H3,(H,18,19,21)/t10-/m0/s1. The minimum atomic E-state index is -3.82. The van der Waals surface area contributed by atoms with E-state index in [2.05, 4.69) is 15.0 Å². The van der Waals surface area contributed by atoms with Gasteiger partial charge in [0.1, 0.15) is 0 Å². The maximum atomic E-state index is 12.3. The van der Waals surface area contributed by atoms with Crippen molar-refractivity contribution in [2.45, 2.75) is 44.0 Å². The molecule has 136 valence electrons. The van der Waals surface area contributed by atoms with Gasteiger partial charge in [-0.25, -0.2) is 13.4 Å². The molecule has 2 rings (SSSR count). The van der Waals surface area contributed by atoms with Crippen LogP contribution in [-0.4, -0.2) is 25.4 Å². The molecule has 0 saturated heterocycles. The Hall–Kier alpha value is -1.48. The molecule has 1 atom stereocenters. The lowest BCUT2D eigenvalue weighted by Crippen LogP contribution is -2.41. The minimum absolute atomic E-state index is 0.0424. The number of hydrogen-bond acceptors (Lipinski definition) is 5. The van der Waals surface area contributed by atoms with Gasteiger partial charge in [-0.2, -0.15) is 4.72 Å². The largest absolute Gasteiger partial charge is 0.301 e. The third-order valence-corrected chi connectivity index (χ3v) is 5.92. The van der Waals surface area contributed by atoms with Crippen LogP contribution >= 0.6 is 22.9 Å². The highest BCUT2D eigenvalue weighted by Crippen LogP contribution is 2.26. The molecule has 1 amide bonds. The van der Waals surface area contributed by atoms with Crippen molar-refractivity contribution in [1.82, 2.24) is 9.71 Å². The van der Waals surface area contributed by atoms with E-state index in [1.807, 2.05) is 26.2 Å². The molecule has 25 heavy (non-hydrogen) atoms. The first-order valence-corrected chi connectivity index (χ1v) is 10.3. The Morgan fingerprint density at radius 3 is 2.36 bits per heavy atom. The number of halogens is 1. The van der Waals surface area contributed by atoms with Crippen LogP contribution in [0, 0.1) is 0 Å². The highest BCUT2D eigenvalue weighted by molar-refractivity contribution is 7.89. The fourth-order valence-corrected chi connectivity index (χ4v) is 4.13. The number of carbonyl (C=O) groups is 1. The minimum Gasteiger partial charge on any atom is -0.301 e. The Morgan fingerprint density at radius 1 is 1.24 bits per heavy atom. The second-order valence-corrected chi connectivity index (χ2v) is 9.58. The first-order valence-electron chi connectivity index (χ1n) is 7.54. The Labute approximate surface area is 156 Å². The number of rotatable bonds is 5. The molecule has 2 aromatic rings. The van der Waals surface area contributed by atoms with Crippen LogP contribution in [0.15, 0.2) is 34.5 Å².